The van der Waals surface area contributed by atoms with Gasteiger partial charge in [-0.25, -0.2) is 0 Å². The van der Waals surface area contributed by atoms with E-state index in [-0.39, 0.29) is 0 Å². The Morgan fingerprint density at radius 1 is 1.11 bits per heavy atom. The average Bonchev–Trinajstić information content (AvgIpc) is 1.65. The Balaban J connectivity index is 0.000000291. The zero-order valence-electron chi connectivity index (χ0n) is 7.28. The molecule has 0 atom stereocenters. The zero-order valence-corrected chi connectivity index (χ0v) is 7.28. The number of hydrogen-bond donors (Lipinski definition) is 0. The lowest BCUT2D eigenvalue weighted by atomic mass is 9.78. The van der Waals surface area contributed by atoms with Gasteiger partial charge in [-0.15, -0.1) is 0 Å². The molecule has 1 aliphatic rings. The fourth-order valence-corrected chi connectivity index (χ4v) is 1.11. The van der Waals surface area contributed by atoms with Crippen LogP contribution in [0.1, 0.15) is 47.0 Å². The molecule has 0 saturated heterocycles. The molecule has 1 aliphatic carbocycles. The summed E-state index contributed by atoms with van der Waals surface area (Å²) in [6.45, 7) is 8.65. The molecule has 9 heavy (non-hydrogen) atoms. The first-order valence-corrected chi connectivity index (χ1v) is 4.30. The Morgan fingerprint density at radius 2 is 1.56 bits per heavy atom. The Kier molecular flexibility index (Phi) is 4.84. The summed E-state index contributed by atoms with van der Waals surface area (Å²) in [7, 11) is 0. The van der Waals surface area contributed by atoms with Gasteiger partial charge in [0.05, 0.1) is 0 Å². The maximum absolute atomic E-state index is 2.32. The van der Waals surface area contributed by atoms with Gasteiger partial charge < -0.3 is 0 Å². The molecule has 0 heterocycles. The van der Waals surface area contributed by atoms with Crippen LogP contribution in [0.25, 0.3) is 0 Å². The standard InChI is InChI=1S/C7H14.C2H6/c1-6(2)7-4-3-5-7;1-2/h6-7H,3-5H2,1-2H3;1-2H3. The predicted octanol–water partition coefficient (Wildman–Crippen LogP) is 3.47. The van der Waals surface area contributed by atoms with E-state index in [4.69, 9.17) is 0 Å². The lowest BCUT2D eigenvalue weighted by Gasteiger charge is -2.28. The van der Waals surface area contributed by atoms with Gasteiger partial charge in [0, 0.05) is 0 Å². The highest BCUT2D eigenvalue weighted by Gasteiger charge is 2.19. The van der Waals surface area contributed by atoms with E-state index in [2.05, 4.69) is 13.8 Å². The van der Waals surface area contributed by atoms with E-state index < -0.39 is 0 Å². The molecule has 0 spiro atoms. The highest BCUT2D eigenvalue weighted by atomic mass is 14.3. The number of hydrogen-bond acceptors (Lipinski definition) is 0. The minimum Gasteiger partial charge on any atom is -0.0683 e. The largest absolute Gasteiger partial charge is 0.0683 e. The molecular weight excluding hydrogens is 108 g/mol. The van der Waals surface area contributed by atoms with Crippen LogP contribution >= 0.6 is 0 Å². The van der Waals surface area contributed by atoms with Crippen LogP contribution < -0.4 is 0 Å². The summed E-state index contributed by atoms with van der Waals surface area (Å²) in [4.78, 5) is 0. The molecule has 0 aromatic rings. The van der Waals surface area contributed by atoms with E-state index in [0.717, 1.165) is 11.8 Å². The molecule has 1 saturated carbocycles. The van der Waals surface area contributed by atoms with Crippen molar-refractivity contribution in [3.05, 3.63) is 0 Å². The van der Waals surface area contributed by atoms with E-state index in [1.54, 1.807) is 0 Å². The van der Waals surface area contributed by atoms with Gasteiger partial charge in [-0.1, -0.05) is 47.0 Å². The zero-order chi connectivity index (χ0) is 7.28. The monoisotopic (exact) mass is 128 g/mol. The van der Waals surface area contributed by atoms with E-state index in [0.29, 0.717) is 0 Å². The molecule has 0 unspecified atom stereocenters. The second kappa shape index (κ2) is 4.84. The van der Waals surface area contributed by atoms with Gasteiger partial charge in [-0.2, -0.15) is 0 Å². The molecule has 56 valence electrons. The van der Waals surface area contributed by atoms with Gasteiger partial charge in [0.15, 0.2) is 0 Å². The molecule has 1 fully saturated rings. The molecule has 0 aliphatic heterocycles. The summed E-state index contributed by atoms with van der Waals surface area (Å²) in [6.07, 6.45) is 4.48. The SMILES string of the molecule is CC.CC(C)C1CCC1. The Morgan fingerprint density at radius 3 is 1.56 bits per heavy atom. The van der Waals surface area contributed by atoms with E-state index in [1.807, 2.05) is 13.8 Å². The number of rotatable bonds is 1. The van der Waals surface area contributed by atoms with Gasteiger partial charge in [0.25, 0.3) is 0 Å². The molecular formula is C9H20. The van der Waals surface area contributed by atoms with E-state index in [9.17, 15) is 0 Å². The third kappa shape index (κ3) is 2.88. The van der Waals surface area contributed by atoms with Gasteiger partial charge in [-0.3, -0.25) is 0 Å². The maximum Gasteiger partial charge on any atom is -0.0391 e. The second-order valence-electron chi connectivity index (χ2n) is 2.94. The first-order chi connectivity index (χ1) is 4.30. The minimum absolute atomic E-state index is 0.953. The van der Waals surface area contributed by atoms with Gasteiger partial charge >= 0.3 is 0 Å². The summed E-state index contributed by atoms with van der Waals surface area (Å²) in [5.41, 5.74) is 0. The molecule has 0 amide bonds. The minimum atomic E-state index is 0.953. The first kappa shape index (κ1) is 9.00. The Labute approximate surface area is 59.7 Å². The maximum atomic E-state index is 2.32. The third-order valence-corrected chi connectivity index (χ3v) is 2.09. The summed E-state index contributed by atoms with van der Waals surface area (Å²) in [6, 6.07) is 0. The molecule has 0 N–H and O–H groups in total. The molecule has 1 rings (SSSR count). The van der Waals surface area contributed by atoms with Crippen molar-refractivity contribution in [3.63, 3.8) is 0 Å². The van der Waals surface area contributed by atoms with Crippen molar-refractivity contribution in [2.75, 3.05) is 0 Å². The first-order valence-electron chi connectivity index (χ1n) is 4.30. The van der Waals surface area contributed by atoms with Crippen molar-refractivity contribution in [3.8, 4) is 0 Å². The Bertz CT molecular complexity index is 51.1. The second-order valence-corrected chi connectivity index (χ2v) is 2.94. The van der Waals surface area contributed by atoms with Crippen LogP contribution in [0.15, 0.2) is 0 Å². The topological polar surface area (TPSA) is 0 Å². The van der Waals surface area contributed by atoms with E-state index in [1.165, 1.54) is 19.3 Å². The average molecular weight is 128 g/mol. The predicted molar refractivity (Wildman–Crippen MR) is 43.5 cm³/mol. The van der Waals surface area contributed by atoms with Gasteiger partial charge in [-0.05, 0) is 11.8 Å². The van der Waals surface area contributed by atoms with Crippen LogP contribution in [-0.4, -0.2) is 0 Å². The normalized spacial score (nSPS) is 18.3. The summed E-state index contributed by atoms with van der Waals surface area (Å²) in [5.74, 6) is 2.04. The summed E-state index contributed by atoms with van der Waals surface area (Å²) < 4.78 is 0. The molecule has 0 radical (unpaired) electrons. The van der Waals surface area contributed by atoms with Crippen molar-refractivity contribution in [2.24, 2.45) is 11.8 Å². The van der Waals surface area contributed by atoms with Crippen LogP contribution in [-0.2, 0) is 0 Å². The highest BCUT2D eigenvalue weighted by molar-refractivity contribution is 4.71. The fourth-order valence-electron chi connectivity index (χ4n) is 1.11. The van der Waals surface area contributed by atoms with Crippen molar-refractivity contribution >= 4 is 0 Å². The van der Waals surface area contributed by atoms with Gasteiger partial charge in [0.2, 0.25) is 0 Å². The highest BCUT2D eigenvalue weighted by Crippen LogP contribution is 2.32. The Hall–Kier alpha value is 0. The fraction of sp³-hybridized carbons (Fsp3) is 1.00. The summed E-state index contributed by atoms with van der Waals surface area (Å²) >= 11 is 0. The lowest BCUT2D eigenvalue weighted by molar-refractivity contribution is 0.235. The summed E-state index contributed by atoms with van der Waals surface area (Å²) in [5, 5.41) is 0. The van der Waals surface area contributed by atoms with Crippen LogP contribution in [0.4, 0.5) is 0 Å². The molecule has 0 heteroatoms. The molecule has 0 bridgehead atoms. The van der Waals surface area contributed by atoms with Crippen LogP contribution in [0.5, 0.6) is 0 Å². The smallest absolute Gasteiger partial charge is 0.0391 e. The van der Waals surface area contributed by atoms with Crippen molar-refractivity contribution in [1.82, 2.24) is 0 Å². The van der Waals surface area contributed by atoms with Crippen molar-refractivity contribution in [2.45, 2.75) is 47.0 Å². The van der Waals surface area contributed by atoms with Crippen molar-refractivity contribution in [1.29, 1.82) is 0 Å². The molecule has 0 nitrogen and oxygen atoms in total. The van der Waals surface area contributed by atoms with Crippen LogP contribution in [0.3, 0.4) is 0 Å². The van der Waals surface area contributed by atoms with Crippen LogP contribution in [0.2, 0.25) is 0 Å². The molecule has 0 aromatic carbocycles. The van der Waals surface area contributed by atoms with Gasteiger partial charge in [0.1, 0.15) is 0 Å². The molecule has 0 aromatic heterocycles. The van der Waals surface area contributed by atoms with Crippen molar-refractivity contribution < 1.29 is 0 Å². The quantitative estimate of drug-likeness (QED) is 0.507. The van der Waals surface area contributed by atoms with E-state index >= 15 is 0 Å². The lowest BCUT2D eigenvalue weighted by Crippen LogP contribution is -2.16. The third-order valence-electron chi connectivity index (χ3n) is 2.09. The van der Waals surface area contributed by atoms with Crippen LogP contribution in [0, 0.1) is 11.8 Å².